The highest BCUT2D eigenvalue weighted by Crippen LogP contribution is 2.22. The van der Waals surface area contributed by atoms with Gasteiger partial charge in [-0.2, -0.15) is 10.4 Å². The summed E-state index contributed by atoms with van der Waals surface area (Å²) in [7, 11) is 1.61. The lowest BCUT2D eigenvalue weighted by Gasteiger charge is -2.10. The Balaban J connectivity index is 2.38. The Morgan fingerprint density at radius 1 is 1.38 bits per heavy atom. The zero-order valence-corrected chi connectivity index (χ0v) is 12.6. The molecule has 0 amide bonds. The summed E-state index contributed by atoms with van der Waals surface area (Å²) in [6, 6.07) is 7.49. The van der Waals surface area contributed by atoms with Gasteiger partial charge < -0.3 is 9.84 Å². The first kappa shape index (κ1) is 15.1. The third kappa shape index (κ3) is 3.06. The molecular weight excluding hydrogens is 266 g/mol. The number of nitriles is 1. The Bertz CT molecular complexity index is 684. The molecule has 110 valence electrons. The van der Waals surface area contributed by atoms with Crippen LogP contribution < -0.4 is 4.74 Å². The van der Waals surface area contributed by atoms with Crippen LogP contribution in [0.3, 0.4) is 0 Å². The number of aliphatic hydroxyl groups excluding tert-OH is 1. The number of rotatable bonds is 5. The first-order valence-corrected chi connectivity index (χ1v) is 6.81. The quantitative estimate of drug-likeness (QED) is 0.911. The number of hydrogen-bond donors (Lipinski definition) is 1. The molecule has 0 spiro atoms. The zero-order chi connectivity index (χ0) is 15.4. The molecule has 0 atom stereocenters. The normalized spacial score (nSPS) is 10.4. The molecule has 0 fully saturated rings. The van der Waals surface area contributed by atoms with E-state index in [0.717, 1.165) is 28.3 Å². The molecule has 0 aliphatic rings. The third-order valence-corrected chi connectivity index (χ3v) is 3.62. The van der Waals surface area contributed by atoms with E-state index in [2.05, 4.69) is 11.2 Å². The highest BCUT2D eigenvalue weighted by atomic mass is 16.5. The molecule has 0 saturated heterocycles. The summed E-state index contributed by atoms with van der Waals surface area (Å²) in [5.74, 6) is 0.741. The number of benzene rings is 1. The lowest BCUT2D eigenvalue weighted by atomic mass is 10.1. The van der Waals surface area contributed by atoms with Crippen LogP contribution in [0.15, 0.2) is 18.2 Å². The van der Waals surface area contributed by atoms with Crippen molar-refractivity contribution in [3.63, 3.8) is 0 Å². The van der Waals surface area contributed by atoms with Crippen LogP contribution in [0.4, 0.5) is 0 Å². The minimum Gasteiger partial charge on any atom is -0.496 e. The second-order valence-corrected chi connectivity index (χ2v) is 4.92. The number of aryl methyl sites for hydroxylation is 1. The minimum atomic E-state index is 0.112. The molecule has 1 heterocycles. The van der Waals surface area contributed by atoms with Crippen LogP contribution in [0.1, 0.15) is 28.1 Å². The topological polar surface area (TPSA) is 71.1 Å². The van der Waals surface area contributed by atoms with E-state index in [9.17, 15) is 0 Å². The lowest BCUT2D eigenvalue weighted by molar-refractivity contribution is 0.299. The highest BCUT2D eigenvalue weighted by molar-refractivity contribution is 5.42. The maximum atomic E-state index is 9.12. The molecule has 21 heavy (non-hydrogen) atoms. The molecule has 1 aromatic heterocycles. The monoisotopic (exact) mass is 285 g/mol. The molecule has 5 nitrogen and oxygen atoms in total. The predicted molar refractivity (Wildman–Crippen MR) is 79.3 cm³/mol. The summed E-state index contributed by atoms with van der Waals surface area (Å²) in [5.41, 5.74) is 4.55. The molecule has 2 rings (SSSR count). The predicted octanol–water partition coefficient (Wildman–Crippen LogP) is 1.96. The van der Waals surface area contributed by atoms with Crippen molar-refractivity contribution >= 4 is 0 Å². The van der Waals surface area contributed by atoms with E-state index in [-0.39, 0.29) is 6.61 Å². The second-order valence-electron chi connectivity index (χ2n) is 4.92. The van der Waals surface area contributed by atoms with Crippen LogP contribution in [0.5, 0.6) is 5.75 Å². The molecule has 2 aromatic rings. The van der Waals surface area contributed by atoms with Gasteiger partial charge in [0.2, 0.25) is 0 Å². The van der Waals surface area contributed by atoms with Gasteiger partial charge >= 0.3 is 0 Å². The third-order valence-electron chi connectivity index (χ3n) is 3.62. The fourth-order valence-electron chi connectivity index (χ4n) is 2.49. The minimum absolute atomic E-state index is 0.112. The average Bonchev–Trinajstić information content (AvgIpc) is 2.75. The van der Waals surface area contributed by atoms with Gasteiger partial charge in [-0.05, 0) is 44.0 Å². The maximum Gasteiger partial charge on any atom is 0.124 e. The highest BCUT2D eigenvalue weighted by Gasteiger charge is 2.13. The molecule has 0 saturated carbocycles. The number of ether oxygens (including phenoxy) is 1. The van der Waals surface area contributed by atoms with Gasteiger partial charge in [-0.3, -0.25) is 4.68 Å². The van der Waals surface area contributed by atoms with Gasteiger partial charge in [0.25, 0.3) is 0 Å². The molecule has 1 N–H and O–H groups in total. The summed E-state index contributed by atoms with van der Waals surface area (Å²) in [6.45, 7) is 4.58. The van der Waals surface area contributed by atoms with Crippen LogP contribution in [0.2, 0.25) is 0 Å². The standard InChI is InChI=1S/C16H19N3O2/c1-11-15(6-7-20)12(2)19(18-11)10-14-8-13(9-17)4-5-16(14)21-3/h4-5,8,20H,6-7,10H2,1-3H3. The van der Waals surface area contributed by atoms with Gasteiger partial charge in [-0.1, -0.05) is 0 Å². The van der Waals surface area contributed by atoms with Crippen molar-refractivity contribution in [1.29, 1.82) is 5.26 Å². The van der Waals surface area contributed by atoms with E-state index < -0.39 is 0 Å². The summed E-state index contributed by atoms with van der Waals surface area (Å²) in [5, 5.41) is 22.7. The van der Waals surface area contributed by atoms with Gasteiger partial charge in [-0.25, -0.2) is 0 Å². The first-order chi connectivity index (χ1) is 10.1. The van der Waals surface area contributed by atoms with E-state index in [4.69, 9.17) is 15.1 Å². The zero-order valence-electron chi connectivity index (χ0n) is 12.6. The SMILES string of the molecule is COc1ccc(C#N)cc1Cn1nc(C)c(CCO)c1C. The van der Waals surface area contributed by atoms with E-state index in [1.807, 2.05) is 24.6 Å². The lowest BCUT2D eigenvalue weighted by Crippen LogP contribution is -2.06. The van der Waals surface area contributed by atoms with Crippen molar-refractivity contribution in [1.82, 2.24) is 9.78 Å². The fraction of sp³-hybridized carbons (Fsp3) is 0.375. The molecule has 0 unspecified atom stereocenters. The van der Waals surface area contributed by atoms with Gasteiger partial charge in [0, 0.05) is 17.9 Å². The summed E-state index contributed by atoms with van der Waals surface area (Å²) >= 11 is 0. The van der Waals surface area contributed by atoms with Gasteiger partial charge in [-0.15, -0.1) is 0 Å². The van der Waals surface area contributed by atoms with Crippen molar-refractivity contribution in [2.45, 2.75) is 26.8 Å². The summed E-state index contributed by atoms with van der Waals surface area (Å²) in [6.07, 6.45) is 0.604. The molecule has 0 aliphatic carbocycles. The summed E-state index contributed by atoms with van der Waals surface area (Å²) < 4.78 is 7.24. The van der Waals surface area contributed by atoms with Gasteiger partial charge in [0.05, 0.1) is 31.0 Å². The Hall–Kier alpha value is -2.32. The smallest absolute Gasteiger partial charge is 0.124 e. The van der Waals surface area contributed by atoms with Gasteiger partial charge in [0.1, 0.15) is 5.75 Å². The maximum absolute atomic E-state index is 9.12. The van der Waals surface area contributed by atoms with Crippen molar-refractivity contribution in [3.05, 3.63) is 46.3 Å². The summed E-state index contributed by atoms with van der Waals surface area (Å²) in [4.78, 5) is 0. The number of methoxy groups -OCH3 is 1. The molecule has 0 radical (unpaired) electrons. The van der Waals surface area contributed by atoms with Crippen LogP contribution in [-0.2, 0) is 13.0 Å². The van der Waals surface area contributed by atoms with Crippen LogP contribution in [0.25, 0.3) is 0 Å². The van der Waals surface area contributed by atoms with E-state index in [1.165, 1.54) is 0 Å². The molecular formula is C16H19N3O2. The Morgan fingerprint density at radius 2 is 2.14 bits per heavy atom. The van der Waals surface area contributed by atoms with E-state index >= 15 is 0 Å². The van der Waals surface area contributed by atoms with Crippen molar-refractivity contribution in [2.24, 2.45) is 0 Å². The molecule has 0 bridgehead atoms. The second kappa shape index (κ2) is 6.42. The number of aromatic nitrogens is 2. The molecule has 5 heteroatoms. The van der Waals surface area contributed by atoms with Crippen LogP contribution >= 0.6 is 0 Å². The number of aliphatic hydroxyl groups is 1. The van der Waals surface area contributed by atoms with Crippen LogP contribution in [-0.4, -0.2) is 28.6 Å². The van der Waals surface area contributed by atoms with Crippen LogP contribution in [0, 0.1) is 25.2 Å². The van der Waals surface area contributed by atoms with E-state index in [1.54, 1.807) is 19.2 Å². The Labute approximate surface area is 124 Å². The Morgan fingerprint density at radius 3 is 2.76 bits per heavy atom. The van der Waals surface area contributed by atoms with E-state index in [0.29, 0.717) is 18.5 Å². The van der Waals surface area contributed by atoms with Gasteiger partial charge in [0.15, 0.2) is 0 Å². The van der Waals surface area contributed by atoms with Crippen molar-refractivity contribution in [3.8, 4) is 11.8 Å². The van der Waals surface area contributed by atoms with Crippen molar-refractivity contribution < 1.29 is 9.84 Å². The number of hydrogen-bond acceptors (Lipinski definition) is 4. The average molecular weight is 285 g/mol. The first-order valence-electron chi connectivity index (χ1n) is 6.81. The fourth-order valence-corrected chi connectivity index (χ4v) is 2.49. The van der Waals surface area contributed by atoms with Crippen molar-refractivity contribution in [2.75, 3.05) is 13.7 Å². The molecule has 1 aromatic carbocycles. The largest absolute Gasteiger partial charge is 0.496 e. The Kier molecular flexibility index (Phi) is 4.61. The number of nitrogens with zero attached hydrogens (tertiary/aromatic N) is 3. The molecule has 0 aliphatic heterocycles.